The van der Waals surface area contributed by atoms with E-state index in [1.54, 1.807) is 67.8 Å². The molecule has 5 rings (SSSR count). The second-order valence-corrected chi connectivity index (χ2v) is 10.2. The Bertz CT molecular complexity index is 1500. The Labute approximate surface area is 236 Å². The number of nitrogens with zero attached hydrogens (tertiary/aromatic N) is 1. The van der Waals surface area contributed by atoms with Crippen molar-refractivity contribution in [3.8, 4) is 17.2 Å². The summed E-state index contributed by atoms with van der Waals surface area (Å²) in [5.41, 5.74) is 3.97. The van der Waals surface area contributed by atoms with Gasteiger partial charge in [0.05, 0.1) is 36.3 Å². The van der Waals surface area contributed by atoms with Crippen molar-refractivity contribution in [2.45, 2.75) is 17.8 Å². The third kappa shape index (κ3) is 4.22. The van der Waals surface area contributed by atoms with Crippen molar-refractivity contribution >= 4 is 40.7 Å². The van der Waals surface area contributed by atoms with Crippen LogP contribution in [-0.4, -0.2) is 36.1 Å². The first kappa shape index (κ1) is 26.7. The van der Waals surface area contributed by atoms with Gasteiger partial charge in [0.25, 0.3) is 11.8 Å². The molecular weight excluding hydrogens is 539 g/mol. The number of hydrazine groups is 1. The molecule has 0 radical (unpaired) electrons. The molecule has 0 saturated carbocycles. The largest absolute Gasteiger partial charge is 0.504 e. The number of halogens is 2. The van der Waals surface area contributed by atoms with Gasteiger partial charge in [0.1, 0.15) is 5.75 Å². The third-order valence-electron chi connectivity index (χ3n) is 7.51. The van der Waals surface area contributed by atoms with Crippen LogP contribution in [0.5, 0.6) is 17.2 Å². The highest BCUT2D eigenvalue weighted by Crippen LogP contribution is 2.58. The minimum Gasteiger partial charge on any atom is -0.504 e. The topological polar surface area (TPSA) is 88.1 Å². The molecule has 3 aromatic carbocycles. The number of anilines is 1. The lowest BCUT2D eigenvalue weighted by Gasteiger charge is -2.43. The number of imide groups is 1. The van der Waals surface area contributed by atoms with Crippen molar-refractivity contribution in [2.24, 2.45) is 5.92 Å². The molecule has 1 aliphatic heterocycles. The van der Waals surface area contributed by atoms with Gasteiger partial charge in [0.2, 0.25) is 0 Å². The van der Waals surface area contributed by atoms with Crippen molar-refractivity contribution in [1.29, 1.82) is 0 Å². The van der Waals surface area contributed by atoms with Gasteiger partial charge in [-0.3, -0.25) is 15.0 Å². The summed E-state index contributed by atoms with van der Waals surface area (Å²) in [6, 6.07) is 16.9. The van der Waals surface area contributed by atoms with Gasteiger partial charge in [-0.05, 0) is 65.6 Å². The van der Waals surface area contributed by atoms with E-state index in [2.05, 4.69) is 12.0 Å². The van der Waals surface area contributed by atoms with E-state index in [0.29, 0.717) is 39.8 Å². The Morgan fingerprint density at radius 3 is 2.41 bits per heavy atom. The van der Waals surface area contributed by atoms with E-state index in [9.17, 15) is 14.7 Å². The van der Waals surface area contributed by atoms with Crippen LogP contribution in [0.1, 0.15) is 23.5 Å². The minimum atomic E-state index is -1.37. The summed E-state index contributed by atoms with van der Waals surface area (Å²) in [6.45, 7) is 4.00. The maximum atomic E-state index is 14.7. The highest BCUT2D eigenvalue weighted by molar-refractivity contribution is 6.36. The molecule has 1 fully saturated rings. The quantitative estimate of drug-likeness (QED) is 0.329. The lowest BCUT2D eigenvalue weighted by molar-refractivity contribution is -0.138. The zero-order chi connectivity index (χ0) is 27.9. The monoisotopic (exact) mass is 564 g/mol. The summed E-state index contributed by atoms with van der Waals surface area (Å²) in [7, 11) is 3.02. The second kappa shape index (κ2) is 10.3. The number of phenols is 1. The fourth-order valence-electron chi connectivity index (χ4n) is 5.74. The molecule has 39 heavy (non-hydrogen) atoms. The molecule has 7 nitrogen and oxygen atoms in total. The maximum Gasteiger partial charge on any atom is 0.260 e. The summed E-state index contributed by atoms with van der Waals surface area (Å²) in [4.78, 5) is 28.7. The summed E-state index contributed by atoms with van der Waals surface area (Å²) >= 11 is 12.4. The molecule has 3 aromatic rings. The molecular formula is C30H26Cl2N2O5. The number of fused-ring (bicyclic) bond motifs is 1. The number of ether oxygens (including phenoxy) is 2. The molecule has 3 atom stereocenters. The fraction of sp³-hybridized carbons (Fsp3) is 0.200. The molecule has 1 saturated heterocycles. The van der Waals surface area contributed by atoms with Crippen LogP contribution in [0.4, 0.5) is 5.69 Å². The molecule has 1 heterocycles. The van der Waals surface area contributed by atoms with Crippen LogP contribution < -0.4 is 14.9 Å². The van der Waals surface area contributed by atoms with Gasteiger partial charge in [0.15, 0.2) is 11.5 Å². The van der Waals surface area contributed by atoms with Crippen LogP contribution in [0.3, 0.4) is 0 Å². The first-order valence-electron chi connectivity index (χ1n) is 12.2. The van der Waals surface area contributed by atoms with Crippen LogP contribution in [0.25, 0.3) is 0 Å². The van der Waals surface area contributed by atoms with Gasteiger partial charge in [0, 0.05) is 10.9 Å². The SMILES string of the molecule is C=CC1=CC[C@H]2C(=O)N(Nc3ccc(Cl)cc3Cl)C(=O)[C@@]2(c2ccc(OC)cc2)[C@H]1c1ccc(OC)c(O)c1. The molecule has 9 heteroatoms. The molecule has 0 aromatic heterocycles. The lowest BCUT2D eigenvalue weighted by atomic mass is 9.56. The number of amides is 2. The number of benzene rings is 3. The first-order valence-corrected chi connectivity index (χ1v) is 13.0. The van der Waals surface area contributed by atoms with E-state index in [-0.39, 0.29) is 10.8 Å². The number of aromatic hydroxyl groups is 1. The zero-order valence-electron chi connectivity index (χ0n) is 21.3. The average molecular weight is 565 g/mol. The lowest BCUT2D eigenvalue weighted by Crippen LogP contribution is -2.48. The van der Waals surface area contributed by atoms with Gasteiger partial charge in [-0.25, -0.2) is 0 Å². The summed E-state index contributed by atoms with van der Waals surface area (Å²) < 4.78 is 10.6. The number of carbonyl (C=O) groups excluding carboxylic acids is 2. The molecule has 2 amide bonds. The Hall–Kier alpha value is -3.94. The van der Waals surface area contributed by atoms with Gasteiger partial charge in [-0.2, -0.15) is 5.01 Å². The van der Waals surface area contributed by atoms with Crippen LogP contribution in [0.15, 0.2) is 85.0 Å². The Morgan fingerprint density at radius 2 is 1.79 bits per heavy atom. The third-order valence-corrected chi connectivity index (χ3v) is 8.05. The molecule has 0 spiro atoms. The van der Waals surface area contributed by atoms with E-state index in [0.717, 1.165) is 10.6 Å². The molecule has 200 valence electrons. The number of allylic oxidation sites excluding steroid dienone is 3. The fourth-order valence-corrected chi connectivity index (χ4v) is 6.19. The number of rotatable bonds is 7. The number of hydrogen-bond acceptors (Lipinski definition) is 6. The van der Waals surface area contributed by atoms with E-state index >= 15 is 0 Å². The second-order valence-electron chi connectivity index (χ2n) is 9.37. The predicted octanol–water partition coefficient (Wildman–Crippen LogP) is 6.27. The van der Waals surface area contributed by atoms with Gasteiger partial charge in [-0.15, -0.1) is 0 Å². The van der Waals surface area contributed by atoms with Crippen LogP contribution >= 0.6 is 23.2 Å². The van der Waals surface area contributed by atoms with E-state index in [4.69, 9.17) is 32.7 Å². The maximum absolute atomic E-state index is 14.7. The van der Waals surface area contributed by atoms with Crippen LogP contribution in [0.2, 0.25) is 10.0 Å². The van der Waals surface area contributed by atoms with E-state index in [1.807, 2.05) is 6.08 Å². The van der Waals surface area contributed by atoms with Crippen molar-refractivity contribution in [1.82, 2.24) is 5.01 Å². The predicted molar refractivity (Wildman–Crippen MR) is 150 cm³/mol. The Kier molecular flexibility index (Phi) is 7.05. The Morgan fingerprint density at radius 1 is 1.05 bits per heavy atom. The highest BCUT2D eigenvalue weighted by Gasteiger charge is 2.66. The summed E-state index contributed by atoms with van der Waals surface area (Å²) in [5.74, 6) is -1.43. The number of carbonyl (C=O) groups is 2. The van der Waals surface area contributed by atoms with E-state index in [1.165, 1.54) is 13.2 Å². The number of nitrogens with one attached hydrogen (secondary N) is 1. The summed E-state index contributed by atoms with van der Waals surface area (Å²) in [6.07, 6.45) is 3.93. The normalized spacial score (nSPS) is 22.3. The van der Waals surface area contributed by atoms with Crippen LogP contribution in [0, 0.1) is 5.92 Å². The zero-order valence-corrected chi connectivity index (χ0v) is 22.8. The number of phenolic OH excluding ortho intramolecular Hbond substituents is 1. The van der Waals surface area contributed by atoms with Gasteiger partial charge in [-0.1, -0.05) is 60.1 Å². The van der Waals surface area contributed by atoms with Crippen molar-refractivity contribution in [3.05, 3.63) is 106 Å². The van der Waals surface area contributed by atoms with Crippen molar-refractivity contribution in [3.63, 3.8) is 0 Å². The molecule has 2 aliphatic rings. The Balaban J connectivity index is 1.73. The molecule has 1 aliphatic carbocycles. The smallest absolute Gasteiger partial charge is 0.260 e. The molecule has 0 unspecified atom stereocenters. The number of hydrogen-bond donors (Lipinski definition) is 2. The standard InChI is InChI=1S/C30H26Cl2N2O5/c1-4-17-5-12-22-28(36)34(33-24-13-9-20(31)16-23(24)32)29(37)30(22,19-7-10-21(38-2)11-8-19)27(17)18-6-14-26(39-3)25(35)15-18/h4-11,13-16,22,27,33,35H,1,12H2,2-3H3/t22-,27+,30+/m0/s1. The van der Waals surface area contributed by atoms with Crippen LogP contribution in [-0.2, 0) is 15.0 Å². The number of methoxy groups -OCH3 is 2. The molecule has 2 N–H and O–H groups in total. The molecule has 0 bridgehead atoms. The highest BCUT2D eigenvalue weighted by atomic mass is 35.5. The summed E-state index contributed by atoms with van der Waals surface area (Å²) in [5, 5.41) is 12.4. The van der Waals surface area contributed by atoms with Gasteiger partial charge < -0.3 is 14.6 Å². The minimum absolute atomic E-state index is 0.0786. The first-order chi connectivity index (χ1) is 18.8. The van der Waals surface area contributed by atoms with E-state index < -0.39 is 29.1 Å². The average Bonchev–Trinajstić information content (AvgIpc) is 3.16. The van der Waals surface area contributed by atoms with Crippen molar-refractivity contribution in [2.75, 3.05) is 19.6 Å². The van der Waals surface area contributed by atoms with Gasteiger partial charge >= 0.3 is 0 Å². The van der Waals surface area contributed by atoms with Crippen molar-refractivity contribution < 1.29 is 24.2 Å².